The van der Waals surface area contributed by atoms with Crippen LogP contribution in [0.1, 0.15) is 49.2 Å². The fraction of sp³-hybridized carbons (Fsp3) is 0.321. The van der Waals surface area contributed by atoms with Crippen molar-refractivity contribution in [2.45, 2.75) is 38.6 Å². The molecule has 11 heteroatoms. The number of rotatable bonds is 13. The summed E-state index contributed by atoms with van der Waals surface area (Å²) < 4.78 is 11.0. The van der Waals surface area contributed by atoms with Gasteiger partial charge in [0.2, 0.25) is 5.95 Å². The first kappa shape index (κ1) is 27.4. The third-order valence-electron chi connectivity index (χ3n) is 6.13. The molecule has 202 valence electrons. The van der Waals surface area contributed by atoms with E-state index in [1.807, 2.05) is 36.4 Å². The molecule has 3 aromatic rings. The number of aliphatic imine (C=N–C) groups is 1. The third-order valence-corrected chi connectivity index (χ3v) is 6.13. The monoisotopic (exact) mass is 530 g/mol. The highest BCUT2D eigenvalue weighted by Crippen LogP contribution is 2.33. The molecule has 1 aliphatic heterocycles. The van der Waals surface area contributed by atoms with Crippen molar-refractivity contribution >= 4 is 23.8 Å². The Labute approximate surface area is 226 Å². The highest BCUT2D eigenvalue weighted by molar-refractivity contribution is 5.96. The van der Waals surface area contributed by atoms with E-state index < -0.39 is 16.4 Å². The maximum Gasteiger partial charge on any atom is 0.341 e. The van der Waals surface area contributed by atoms with Crippen LogP contribution >= 0.6 is 0 Å². The van der Waals surface area contributed by atoms with Gasteiger partial charge in [0.1, 0.15) is 23.0 Å². The van der Waals surface area contributed by atoms with Crippen LogP contribution in [-0.4, -0.2) is 51.8 Å². The van der Waals surface area contributed by atoms with Crippen molar-refractivity contribution in [1.29, 1.82) is 0 Å². The Kier molecular flexibility index (Phi) is 8.93. The Morgan fingerprint density at radius 1 is 1.10 bits per heavy atom. The van der Waals surface area contributed by atoms with Gasteiger partial charge < -0.3 is 14.8 Å². The number of hydrogen-bond donors (Lipinski definition) is 1. The summed E-state index contributed by atoms with van der Waals surface area (Å²) in [6.45, 7) is 5.14. The first-order valence-corrected chi connectivity index (χ1v) is 12.8. The molecule has 3 heterocycles. The number of carbonyl (C=O) groups excluding carboxylic acids is 1. The van der Waals surface area contributed by atoms with Crippen LogP contribution in [0.5, 0.6) is 5.75 Å². The average molecular weight is 531 g/mol. The second-order valence-electron chi connectivity index (χ2n) is 8.80. The second-order valence-corrected chi connectivity index (χ2v) is 8.80. The predicted molar refractivity (Wildman–Crippen MR) is 147 cm³/mol. The van der Waals surface area contributed by atoms with Gasteiger partial charge in [0, 0.05) is 30.6 Å². The van der Waals surface area contributed by atoms with Crippen molar-refractivity contribution in [2.75, 3.05) is 25.1 Å². The number of unbranched alkanes of at least 4 members (excludes halogenated alkanes) is 1. The average Bonchev–Trinajstić information content (AvgIpc) is 3.44. The van der Waals surface area contributed by atoms with E-state index in [1.165, 1.54) is 18.5 Å². The molecule has 1 aromatic carbocycles. The van der Waals surface area contributed by atoms with Crippen molar-refractivity contribution in [3.05, 3.63) is 82.3 Å². The molecule has 0 saturated carbocycles. The summed E-state index contributed by atoms with van der Waals surface area (Å²) in [4.78, 5) is 41.0. The Morgan fingerprint density at radius 3 is 2.56 bits per heavy atom. The fourth-order valence-corrected chi connectivity index (χ4v) is 4.05. The molecule has 39 heavy (non-hydrogen) atoms. The second kappa shape index (κ2) is 12.7. The third kappa shape index (κ3) is 6.61. The molecule has 0 saturated heterocycles. The summed E-state index contributed by atoms with van der Waals surface area (Å²) in [7, 11) is 0. The molecule has 1 N–H and O–H groups in total. The lowest BCUT2D eigenvalue weighted by molar-refractivity contribution is -0.385. The van der Waals surface area contributed by atoms with Gasteiger partial charge in [-0.1, -0.05) is 13.3 Å². The summed E-state index contributed by atoms with van der Waals surface area (Å²) in [5.41, 5.74) is 1.18. The van der Waals surface area contributed by atoms with Crippen LogP contribution in [0.4, 0.5) is 11.6 Å². The number of nitro groups is 1. The quantitative estimate of drug-likeness (QED) is 0.137. The zero-order valence-corrected chi connectivity index (χ0v) is 21.9. The molecule has 1 aliphatic rings. The highest BCUT2D eigenvalue weighted by atomic mass is 16.6. The van der Waals surface area contributed by atoms with Gasteiger partial charge in [0.05, 0.1) is 29.5 Å². The maximum absolute atomic E-state index is 12.6. The summed E-state index contributed by atoms with van der Waals surface area (Å²) in [6, 6.07) is 10.4. The number of hydrogen-bond acceptors (Lipinski definition) is 10. The molecule has 0 bridgehead atoms. The Morgan fingerprint density at radius 2 is 1.92 bits per heavy atom. The molecule has 0 spiro atoms. The van der Waals surface area contributed by atoms with Crippen molar-refractivity contribution in [1.82, 2.24) is 15.0 Å². The molecule has 11 nitrogen and oxygen atoms in total. The van der Waals surface area contributed by atoms with Crippen molar-refractivity contribution in [3.8, 4) is 17.0 Å². The Balaban J connectivity index is 1.52. The standard InChI is InChI=1S/C28H30N6O5/c1-3-5-17-39-22-10-7-20(8-11-22)25-23(26(35)38-4-2)19-31-27(33-25)29-16-14-28(13-6-15-32-28)24-12-9-21(18-30-24)34(36)37/h6-13,15,18-19H,3-5,14,16-17H2,1-2H3,(H,29,31,33). The number of ether oxygens (including phenoxy) is 2. The van der Waals surface area contributed by atoms with Crippen molar-refractivity contribution < 1.29 is 19.2 Å². The normalized spacial score (nSPS) is 15.7. The van der Waals surface area contributed by atoms with E-state index in [2.05, 4.69) is 32.2 Å². The van der Waals surface area contributed by atoms with Gasteiger partial charge in [-0.05, 0) is 62.2 Å². The minimum Gasteiger partial charge on any atom is -0.494 e. The molecule has 1 atom stereocenters. The predicted octanol–water partition coefficient (Wildman–Crippen LogP) is 5.14. The summed E-state index contributed by atoms with van der Waals surface area (Å²) in [5, 5.41) is 14.2. The Hall–Kier alpha value is -4.67. The summed E-state index contributed by atoms with van der Waals surface area (Å²) >= 11 is 0. The number of benzene rings is 1. The van der Waals surface area contributed by atoms with E-state index in [-0.39, 0.29) is 17.9 Å². The largest absolute Gasteiger partial charge is 0.494 e. The fourth-order valence-electron chi connectivity index (χ4n) is 4.05. The number of nitrogens with zero attached hydrogens (tertiary/aromatic N) is 5. The molecule has 1 unspecified atom stereocenters. The molecule has 0 radical (unpaired) electrons. The van der Waals surface area contributed by atoms with Crippen molar-refractivity contribution in [3.63, 3.8) is 0 Å². The first-order valence-electron chi connectivity index (χ1n) is 12.8. The molecule has 0 amide bonds. The van der Waals surface area contributed by atoms with Crippen LogP contribution in [0.15, 0.2) is 65.9 Å². The van der Waals surface area contributed by atoms with E-state index >= 15 is 0 Å². The molecule has 0 fully saturated rings. The van der Waals surface area contributed by atoms with Gasteiger partial charge in [-0.3, -0.25) is 20.1 Å². The van der Waals surface area contributed by atoms with E-state index in [0.29, 0.717) is 36.9 Å². The van der Waals surface area contributed by atoms with E-state index in [9.17, 15) is 14.9 Å². The van der Waals surface area contributed by atoms with Gasteiger partial charge in [-0.2, -0.15) is 0 Å². The van der Waals surface area contributed by atoms with Gasteiger partial charge in [0.15, 0.2) is 0 Å². The number of nitrogens with one attached hydrogen (secondary N) is 1. The van der Waals surface area contributed by atoms with Gasteiger partial charge in [0.25, 0.3) is 5.69 Å². The molecular weight excluding hydrogens is 500 g/mol. The minimum absolute atomic E-state index is 0.0823. The lowest BCUT2D eigenvalue weighted by Gasteiger charge is -2.23. The first-order chi connectivity index (χ1) is 19.0. The van der Waals surface area contributed by atoms with Crippen LogP contribution < -0.4 is 10.1 Å². The van der Waals surface area contributed by atoms with E-state index in [4.69, 9.17) is 9.47 Å². The zero-order chi connectivity index (χ0) is 27.7. The Bertz CT molecular complexity index is 1340. The molecule has 4 rings (SSSR count). The topological polar surface area (TPSA) is 142 Å². The number of carbonyl (C=O) groups is 1. The lowest BCUT2D eigenvalue weighted by atomic mass is 9.92. The van der Waals surface area contributed by atoms with Crippen LogP contribution in [0, 0.1) is 10.1 Å². The SMILES string of the molecule is CCCCOc1ccc(-c2nc(NCCC3(c4ccc([N+](=O)[O-])cn4)C=CC=N3)ncc2C(=O)OCC)cc1. The summed E-state index contributed by atoms with van der Waals surface area (Å²) in [5.74, 6) is 0.572. The number of pyridine rings is 1. The lowest BCUT2D eigenvalue weighted by Crippen LogP contribution is -2.25. The van der Waals surface area contributed by atoms with E-state index in [0.717, 1.165) is 24.2 Å². The smallest absolute Gasteiger partial charge is 0.341 e. The van der Waals surface area contributed by atoms with E-state index in [1.54, 1.807) is 19.2 Å². The van der Waals surface area contributed by atoms with Gasteiger partial charge in [-0.25, -0.2) is 14.8 Å². The summed E-state index contributed by atoms with van der Waals surface area (Å²) in [6.07, 6.45) is 10.6. The molecule has 0 aliphatic carbocycles. The van der Waals surface area contributed by atoms with Gasteiger partial charge in [-0.15, -0.1) is 0 Å². The number of allylic oxidation sites excluding steroid dienone is 1. The van der Waals surface area contributed by atoms with Crippen LogP contribution in [0.3, 0.4) is 0 Å². The number of aromatic nitrogens is 3. The van der Waals surface area contributed by atoms with Crippen LogP contribution in [0.2, 0.25) is 0 Å². The molecular formula is C28H30N6O5. The zero-order valence-electron chi connectivity index (χ0n) is 21.9. The number of anilines is 1. The van der Waals surface area contributed by atoms with Gasteiger partial charge >= 0.3 is 5.97 Å². The van der Waals surface area contributed by atoms with Crippen LogP contribution in [-0.2, 0) is 10.3 Å². The van der Waals surface area contributed by atoms with Crippen LogP contribution in [0.25, 0.3) is 11.3 Å². The highest BCUT2D eigenvalue weighted by Gasteiger charge is 2.32. The maximum atomic E-state index is 12.6. The number of esters is 1. The minimum atomic E-state index is -0.760. The van der Waals surface area contributed by atoms with Crippen molar-refractivity contribution in [2.24, 2.45) is 4.99 Å². The molecule has 2 aromatic heterocycles.